The Hall–Kier alpha value is -4.85. The number of ether oxygens (including phenoxy) is 16. The van der Waals surface area contributed by atoms with Crippen LogP contribution < -0.4 is 0 Å². The molecule has 91 heavy (non-hydrogen) atoms. The summed E-state index contributed by atoms with van der Waals surface area (Å²) in [5.74, 6) is -3.91. The average Bonchev–Trinajstić information content (AvgIpc) is 1.54. The van der Waals surface area contributed by atoms with Crippen molar-refractivity contribution in [3.63, 3.8) is 0 Å². The van der Waals surface area contributed by atoms with E-state index < -0.39 is 159 Å². The minimum Gasteiger partial charge on any atom is -0.463 e. The maximum atomic E-state index is 13.4. The summed E-state index contributed by atoms with van der Waals surface area (Å²) in [5.41, 5.74) is 0.611. The van der Waals surface area contributed by atoms with Gasteiger partial charge >= 0.3 is 41.8 Å². The lowest BCUT2D eigenvalue weighted by molar-refractivity contribution is -0.418. The van der Waals surface area contributed by atoms with Crippen LogP contribution in [0.4, 0.5) is 0 Å². The fourth-order valence-electron chi connectivity index (χ4n) is 19.5. The van der Waals surface area contributed by atoms with E-state index in [1.807, 2.05) is 30.3 Å². The maximum Gasteiger partial charge on any atom is 0.303 e. The molecular weight excluding hydrogens is 1180 g/mol. The van der Waals surface area contributed by atoms with Gasteiger partial charge in [0.05, 0.1) is 32.0 Å². The molecule has 23 heteroatoms. The van der Waals surface area contributed by atoms with E-state index in [4.69, 9.17) is 75.8 Å². The van der Waals surface area contributed by atoms with Gasteiger partial charge in [-0.25, -0.2) is 0 Å². The van der Waals surface area contributed by atoms with Gasteiger partial charge in [-0.3, -0.25) is 33.6 Å². The Balaban J connectivity index is 0.986. The zero-order valence-electron chi connectivity index (χ0n) is 55.3. The SMILES string of the molecule is CC(=O)OC[C@H]1O[C@@H](O[C@H]2[C@H](O[C@H]3CC[C@]4(C)[C@H]5CC[C@@H]6[C@H]7[C@H]8OC[C@@]7(CCC8(C)C)CC[C@@]6(C)[C@]5(C)CC[C@H]4C3(C)C)O[C@@H]3CO[C@@H](c4ccccc4)O[C@H]3[C@@H]2O[C@@H]2OC[C@@H](OC(C)=O)[C@H](OC(C)=O)[C@H]2OC(C)=O)[C@H](OC(C)=O)[C@@H](OC(C)=O)[C@H]1OC(C)=O. The molecule has 23 nitrogen and oxygen atoms in total. The fourth-order valence-corrected chi connectivity index (χ4v) is 19.5. The molecule has 0 unspecified atom stereocenters. The molecule has 5 aliphatic carbocycles. The standard InChI is InChI=1S/C68H96O23/c1-34(69)76-30-44-50(81-36(3)71)53(83-38(5)73)56(85-40(7)75)62(87-44)91-57-54(90-60-55(84-39(6)74)52(82-37(4)72)43(31-78-60)80-35(2)70)51-45(32-77-59(89-51)41-18-16-15-17-19-41)86-61(57)88-48-23-24-65(12)46(64(48,10)11)22-25-67(14)47(65)21-20-42-49-58-63(8,9)26-28-68(49,33-79-58)29-27-66(42,67)13/h15-19,42-62H,20-33H2,1-14H3/t42-,43-,44-,45-,46+,47-,48+,49+,50+,51-,52+,53+,54+,55-,56-,57-,58-,59-,60+,61+,62+,65+,66-,67-,68-/m1/s1. The molecule has 1 aromatic rings. The Morgan fingerprint density at radius 2 is 1.10 bits per heavy atom. The first-order valence-electron chi connectivity index (χ1n) is 32.9. The fraction of sp³-hybridized carbons (Fsp3) is 0.809. The van der Waals surface area contributed by atoms with E-state index in [0.717, 1.165) is 66.9 Å². The van der Waals surface area contributed by atoms with E-state index in [0.29, 0.717) is 29.7 Å². The van der Waals surface area contributed by atoms with Gasteiger partial charge in [-0.1, -0.05) is 78.8 Å². The van der Waals surface area contributed by atoms with Crippen molar-refractivity contribution in [2.45, 2.75) is 266 Å². The first-order chi connectivity index (χ1) is 42.9. The van der Waals surface area contributed by atoms with Gasteiger partial charge in [0.15, 0.2) is 61.8 Å². The largest absolute Gasteiger partial charge is 0.463 e. The molecular formula is C68H96O23. The molecule has 10 aliphatic rings. The number of hydrogen-bond acceptors (Lipinski definition) is 23. The van der Waals surface area contributed by atoms with Gasteiger partial charge in [0.2, 0.25) is 0 Å². The lowest BCUT2D eigenvalue weighted by Gasteiger charge is -2.73. The third-order valence-corrected chi connectivity index (χ3v) is 23.6. The molecule has 0 amide bonds. The van der Waals surface area contributed by atoms with Crippen LogP contribution in [0.5, 0.6) is 0 Å². The minimum atomic E-state index is -1.81. The summed E-state index contributed by atoms with van der Waals surface area (Å²) in [6.45, 7) is 25.0. The van der Waals surface area contributed by atoms with E-state index in [9.17, 15) is 33.6 Å². The molecule has 5 saturated carbocycles. The number of benzene rings is 1. The van der Waals surface area contributed by atoms with Gasteiger partial charge in [-0.15, -0.1) is 0 Å². The summed E-state index contributed by atoms with van der Waals surface area (Å²) in [7, 11) is 0. The van der Waals surface area contributed by atoms with Crippen LogP contribution in [0.2, 0.25) is 0 Å². The van der Waals surface area contributed by atoms with Gasteiger partial charge in [-0.2, -0.15) is 0 Å². The molecule has 5 saturated heterocycles. The smallest absolute Gasteiger partial charge is 0.303 e. The Morgan fingerprint density at radius 1 is 0.495 bits per heavy atom. The lowest BCUT2D eigenvalue weighted by Crippen LogP contribution is -2.70. The Kier molecular flexibility index (Phi) is 19.1. The molecule has 10 fully saturated rings. The highest BCUT2D eigenvalue weighted by Crippen LogP contribution is 2.78. The van der Waals surface area contributed by atoms with Crippen LogP contribution in [-0.2, 0) is 109 Å². The topological polar surface area (TPSA) is 267 Å². The van der Waals surface area contributed by atoms with E-state index in [2.05, 4.69) is 48.5 Å². The summed E-state index contributed by atoms with van der Waals surface area (Å²) in [4.78, 5) is 90.6. The third-order valence-electron chi connectivity index (χ3n) is 23.6. The normalized spacial score (nSPS) is 44.3. The van der Waals surface area contributed by atoms with E-state index in [1.54, 1.807) is 0 Å². The monoisotopic (exact) mass is 1280 g/mol. The highest BCUT2D eigenvalue weighted by atomic mass is 16.8. The molecule has 11 rings (SSSR count). The van der Waals surface area contributed by atoms with Crippen molar-refractivity contribution >= 4 is 41.8 Å². The average molecular weight is 1280 g/mol. The van der Waals surface area contributed by atoms with Crippen molar-refractivity contribution in [2.24, 2.45) is 56.2 Å². The van der Waals surface area contributed by atoms with Crippen molar-refractivity contribution in [3.05, 3.63) is 35.9 Å². The van der Waals surface area contributed by atoms with Crippen LogP contribution in [0.15, 0.2) is 30.3 Å². The van der Waals surface area contributed by atoms with Crippen molar-refractivity contribution < 1.29 is 109 Å². The predicted molar refractivity (Wildman–Crippen MR) is 316 cm³/mol. The number of esters is 7. The molecule has 1 aromatic carbocycles. The van der Waals surface area contributed by atoms with Gasteiger partial charge in [0, 0.05) is 54.0 Å². The number of carbonyl (C=O) groups is 7. The van der Waals surface area contributed by atoms with E-state index >= 15 is 0 Å². The zero-order chi connectivity index (χ0) is 65.5. The van der Waals surface area contributed by atoms with Crippen LogP contribution in [-0.4, -0.2) is 166 Å². The highest BCUT2D eigenvalue weighted by molar-refractivity contribution is 5.69. The second-order valence-corrected chi connectivity index (χ2v) is 29.7. The van der Waals surface area contributed by atoms with Crippen molar-refractivity contribution in [3.8, 4) is 0 Å². The summed E-state index contributed by atoms with van der Waals surface area (Å²) >= 11 is 0. The number of rotatable bonds is 15. The molecule has 25 atom stereocenters. The molecule has 5 heterocycles. The number of hydrogen-bond donors (Lipinski definition) is 0. The van der Waals surface area contributed by atoms with E-state index in [1.165, 1.54) is 46.0 Å². The molecule has 5 aliphatic heterocycles. The van der Waals surface area contributed by atoms with E-state index in [-0.39, 0.29) is 45.7 Å². The first-order valence-corrected chi connectivity index (χ1v) is 32.9. The molecule has 0 radical (unpaired) electrons. The second kappa shape index (κ2) is 25.7. The van der Waals surface area contributed by atoms with Crippen molar-refractivity contribution in [1.82, 2.24) is 0 Å². The van der Waals surface area contributed by atoms with Gasteiger partial charge in [0.25, 0.3) is 0 Å². The predicted octanol–water partition coefficient (Wildman–Crippen LogP) is 8.11. The van der Waals surface area contributed by atoms with Crippen LogP contribution in [0.3, 0.4) is 0 Å². The van der Waals surface area contributed by atoms with Gasteiger partial charge in [0.1, 0.15) is 37.1 Å². The molecule has 0 spiro atoms. The second-order valence-electron chi connectivity index (χ2n) is 29.7. The Labute approximate surface area is 533 Å². The Bertz CT molecular complexity index is 2880. The quantitative estimate of drug-likeness (QED) is 0.0911. The summed E-state index contributed by atoms with van der Waals surface area (Å²) in [5, 5.41) is 0. The summed E-state index contributed by atoms with van der Waals surface area (Å²) < 4.78 is 103. The number of fused-ring (bicyclic) bond motifs is 6. The van der Waals surface area contributed by atoms with Crippen LogP contribution in [0.1, 0.15) is 173 Å². The maximum absolute atomic E-state index is 13.4. The highest BCUT2D eigenvalue weighted by Gasteiger charge is 2.73. The Morgan fingerprint density at radius 3 is 1.76 bits per heavy atom. The van der Waals surface area contributed by atoms with Crippen LogP contribution in [0.25, 0.3) is 0 Å². The summed E-state index contributed by atoms with van der Waals surface area (Å²) in [6.07, 6.45) is -11.4. The molecule has 506 valence electrons. The van der Waals surface area contributed by atoms with Gasteiger partial charge in [-0.05, 0) is 120 Å². The van der Waals surface area contributed by atoms with Crippen molar-refractivity contribution in [1.29, 1.82) is 0 Å². The molecule has 0 N–H and O–H groups in total. The summed E-state index contributed by atoms with van der Waals surface area (Å²) in [6, 6.07) is 9.13. The van der Waals surface area contributed by atoms with Crippen molar-refractivity contribution in [2.75, 3.05) is 26.4 Å². The lowest BCUT2D eigenvalue weighted by atomic mass is 9.31. The van der Waals surface area contributed by atoms with Crippen LogP contribution in [0, 0.1) is 56.2 Å². The minimum absolute atomic E-state index is 0.0687. The van der Waals surface area contributed by atoms with Crippen LogP contribution >= 0.6 is 0 Å². The number of carbonyl (C=O) groups excluding carboxylic acids is 7. The first kappa shape index (κ1) is 67.6. The molecule has 2 bridgehead atoms. The zero-order valence-corrected chi connectivity index (χ0v) is 55.3. The molecule has 0 aromatic heterocycles. The van der Waals surface area contributed by atoms with Gasteiger partial charge < -0.3 is 75.8 Å². The third kappa shape index (κ3) is 12.6.